The van der Waals surface area contributed by atoms with Crippen molar-refractivity contribution in [2.45, 2.75) is 13.1 Å². The van der Waals surface area contributed by atoms with Gasteiger partial charge in [0.05, 0.1) is 17.1 Å². The highest BCUT2D eigenvalue weighted by Crippen LogP contribution is 2.16. The Balaban J connectivity index is 1.35. The third-order valence-electron chi connectivity index (χ3n) is 5.36. The van der Waals surface area contributed by atoms with E-state index in [1.165, 1.54) is 5.56 Å². The Hall–Kier alpha value is -2.77. The molecule has 0 spiro atoms. The monoisotopic (exact) mass is 378 g/mol. The number of nitrogens with one attached hydrogen (secondary N) is 1. The van der Waals surface area contributed by atoms with Crippen LogP contribution in [0.2, 0.25) is 0 Å². The van der Waals surface area contributed by atoms with E-state index in [-0.39, 0.29) is 5.91 Å². The molecular formula is C21H26N6O. The number of carbonyl (C=O) groups is 1. The molecule has 146 valence electrons. The van der Waals surface area contributed by atoms with Gasteiger partial charge >= 0.3 is 0 Å². The van der Waals surface area contributed by atoms with Gasteiger partial charge in [0.2, 0.25) is 0 Å². The van der Waals surface area contributed by atoms with E-state index in [2.05, 4.69) is 56.5 Å². The first-order valence-corrected chi connectivity index (χ1v) is 9.64. The number of hydrogen-bond donors (Lipinski definition) is 1. The van der Waals surface area contributed by atoms with Crippen molar-refractivity contribution in [2.24, 2.45) is 7.05 Å². The summed E-state index contributed by atoms with van der Waals surface area (Å²) in [5.74, 6) is -0.109. The van der Waals surface area contributed by atoms with Crippen LogP contribution in [0.25, 0.3) is 11.0 Å². The predicted molar refractivity (Wildman–Crippen MR) is 109 cm³/mol. The Morgan fingerprint density at radius 2 is 1.75 bits per heavy atom. The molecule has 3 aromatic rings. The van der Waals surface area contributed by atoms with Crippen LogP contribution in [0, 0.1) is 0 Å². The van der Waals surface area contributed by atoms with Gasteiger partial charge in [-0.2, -0.15) is 5.10 Å². The van der Waals surface area contributed by atoms with Crippen molar-refractivity contribution in [1.82, 2.24) is 29.9 Å². The van der Waals surface area contributed by atoms with Crippen LogP contribution in [0.1, 0.15) is 21.5 Å². The van der Waals surface area contributed by atoms with Gasteiger partial charge < -0.3 is 10.2 Å². The van der Waals surface area contributed by atoms with Gasteiger partial charge in [-0.25, -0.2) is 4.98 Å². The third kappa shape index (κ3) is 4.05. The van der Waals surface area contributed by atoms with Crippen LogP contribution in [0.4, 0.5) is 0 Å². The van der Waals surface area contributed by atoms with E-state index in [4.69, 9.17) is 0 Å². The summed E-state index contributed by atoms with van der Waals surface area (Å²) in [7, 11) is 3.99. The van der Waals surface area contributed by atoms with Gasteiger partial charge in [0.15, 0.2) is 5.65 Å². The summed E-state index contributed by atoms with van der Waals surface area (Å²) in [4.78, 5) is 21.7. The maximum absolute atomic E-state index is 12.6. The second kappa shape index (κ2) is 8.08. The van der Waals surface area contributed by atoms with Crippen LogP contribution in [0.5, 0.6) is 0 Å². The third-order valence-corrected chi connectivity index (χ3v) is 5.36. The highest BCUT2D eigenvalue weighted by Gasteiger charge is 2.14. The molecule has 1 fully saturated rings. The number of aryl methyl sites for hydroxylation is 1. The predicted octanol–water partition coefficient (Wildman–Crippen LogP) is 1.65. The molecule has 0 atom stereocenters. The van der Waals surface area contributed by atoms with Crippen molar-refractivity contribution in [2.75, 3.05) is 33.2 Å². The van der Waals surface area contributed by atoms with Crippen LogP contribution in [0.15, 0.2) is 42.7 Å². The molecule has 0 bridgehead atoms. The fourth-order valence-electron chi connectivity index (χ4n) is 3.55. The largest absolute Gasteiger partial charge is 0.348 e. The van der Waals surface area contributed by atoms with E-state index in [0.29, 0.717) is 17.8 Å². The minimum Gasteiger partial charge on any atom is -0.348 e. The standard InChI is InChI=1S/C21H26N6O/c1-25-9-11-27(12-10-25)15-17-5-3-16(4-6-17)13-23-21(28)18-7-8-22-20-19(18)14-24-26(20)2/h3-8,14H,9-13,15H2,1-2H3,(H,23,28). The van der Waals surface area contributed by atoms with Crippen molar-refractivity contribution in [3.63, 3.8) is 0 Å². The first-order chi connectivity index (χ1) is 13.6. The fourth-order valence-corrected chi connectivity index (χ4v) is 3.55. The number of benzene rings is 1. The number of likely N-dealkylation sites (N-methyl/N-ethyl adjacent to an activating group) is 1. The second-order valence-corrected chi connectivity index (χ2v) is 7.44. The van der Waals surface area contributed by atoms with E-state index in [9.17, 15) is 4.79 Å². The first-order valence-electron chi connectivity index (χ1n) is 9.64. The highest BCUT2D eigenvalue weighted by atomic mass is 16.1. The molecule has 0 saturated carbocycles. The molecule has 4 rings (SSSR count). The minimum absolute atomic E-state index is 0.109. The number of amides is 1. The van der Waals surface area contributed by atoms with E-state index >= 15 is 0 Å². The molecule has 1 aliphatic heterocycles. The number of piperazine rings is 1. The van der Waals surface area contributed by atoms with E-state index in [0.717, 1.165) is 43.7 Å². The zero-order chi connectivity index (χ0) is 19.5. The fraction of sp³-hybridized carbons (Fsp3) is 0.381. The van der Waals surface area contributed by atoms with Crippen molar-refractivity contribution in [3.05, 3.63) is 59.4 Å². The van der Waals surface area contributed by atoms with E-state index < -0.39 is 0 Å². The maximum atomic E-state index is 12.6. The molecule has 0 unspecified atom stereocenters. The topological polar surface area (TPSA) is 66.3 Å². The van der Waals surface area contributed by atoms with Gasteiger partial charge in [-0.05, 0) is 24.2 Å². The van der Waals surface area contributed by atoms with Gasteiger partial charge in [0.25, 0.3) is 5.91 Å². The number of aromatic nitrogens is 3. The lowest BCUT2D eigenvalue weighted by Crippen LogP contribution is -2.43. The molecule has 7 heteroatoms. The quantitative estimate of drug-likeness (QED) is 0.731. The Labute approximate surface area is 165 Å². The number of hydrogen-bond acceptors (Lipinski definition) is 5. The molecule has 1 aromatic carbocycles. The Bertz CT molecular complexity index is 957. The van der Waals surface area contributed by atoms with Crippen LogP contribution < -0.4 is 5.32 Å². The Morgan fingerprint density at radius 1 is 1.04 bits per heavy atom. The molecule has 7 nitrogen and oxygen atoms in total. The summed E-state index contributed by atoms with van der Waals surface area (Å²) in [6.45, 7) is 5.97. The van der Waals surface area contributed by atoms with Gasteiger partial charge in [-0.3, -0.25) is 14.4 Å². The van der Waals surface area contributed by atoms with E-state index in [1.54, 1.807) is 23.1 Å². The van der Waals surface area contributed by atoms with Crippen molar-refractivity contribution >= 4 is 16.9 Å². The smallest absolute Gasteiger partial charge is 0.252 e. The average molecular weight is 378 g/mol. The molecule has 1 saturated heterocycles. The summed E-state index contributed by atoms with van der Waals surface area (Å²) >= 11 is 0. The summed E-state index contributed by atoms with van der Waals surface area (Å²) < 4.78 is 1.67. The number of fused-ring (bicyclic) bond motifs is 1. The average Bonchev–Trinajstić information content (AvgIpc) is 3.10. The van der Waals surface area contributed by atoms with Crippen LogP contribution in [-0.2, 0) is 20.1 Å². The highest BCUT2D eigenvalue weighted by molar-refractivity contribution is 6.05. The molecule has 2 aromatic heterocycles. The zero-order valence-electron chi connectivity index (χ0n) is 16.4. The van der Waals surface area contributed by atoms with Crippen molar-refractivity contribution in [1.29, 1.82) is 0 Å². The Morgan fingerprint density at radius 3 is 2.50 bits per heavy atom. The van der Waals surface area contributed by atoms with Gasteiger partial charge in [0.1, 0.15) is 0 Å². The maximum Gasteiger partial charge on any atom is 0.252 e. The van der Waals surface area contributed by atoms with Crippen LogP contribution >= 0.6 is 0 Å². The summed E-state index contributed by atoms with van der Waals surface area (Å²) in [6.07, 6.45) is 3.33. The lowest BCUT2D eigenvalue weighted by atomic mass is 10.1. The second-order valence-electron chi connectivity index (χ2n) is 7.44. The van der Waals surface area contributed by atoms with Gasteiger partial charge in [-0.15, -0.1) is 0 Å². The lowest BCUT2D eigenvalue weighted by molar-refractivity contribution is 0.0952. The zero-order valence-corrected chi connectivity index (χ0v) is 16.4. The summed E-state index contributed by atoms with van der Waals surface area (Å²) in [5.41, 5.74) is 3.71. The van der Waals surface area contributed by atoms with E-state index in [1.807, 2.05) is 7.05 Å². The molecule has 0 aliphatic carbocycles. The molecule has 28 heavy (non-hydrogen) atoms. The molecule has 1 N–H and O–H groups in total. The summed E-state index contributed by atoms with van der Waals surface area (Å²) in [5, 5.41) is 7.96. The van der Waals surface area contributed by atoms with Crippen molar-refractivity contribution in [3.8, 4) is 0 Å². The van der Waals surface area contributed by atoms with Gasteiger partial charge in [0, 0.05) is 52.5 Å². The summed E-state index contributed by atoms with van der Waals surface area (Å²) in [6, 6.07) is 10.2. The molecule has 1 amide bonds. The number of carbonyl (C=O) groups excluding carboxylic acids is 1. The number of rotatable bonds is 5. The van der Waals surface area contributed by atoms with Crippen LogP contribution in [0.3, 0.4) is 0 Å². The molecule has 1 aliphatic rings. The molecule has 3 heterocycles. The first kappa shape index (κ1) is 18.6. The molecular weight excluding hydrogens is 352 g/mol. The normalized spacial score (nSPS) is 15.8. The minimum atomic E-state index is -0.109. The van der Waals surface area contributed by atoms with Crippen molar-refractivity contribution < 1.29 is 4.79 Å². The number of nitrogens with zero attached hydrogens (tertiary/aromatic N) is 5. The SMILES string of the molecule is CN1CCN(Cc2ccc(CNC(=O)c3ccnc4c3cnn4C)cc2)CC1. The Kier molecular flexibility index (Phi) is 5.36. The van der Waals surface area contributed by atoms with Crippen LogP contribution in [-0.4, -0.2) is 63.7 Å². The molecule has 0 radical (unpaired) electrons. The lowest BCUT2D eigenvalue weighted by Gasteiger charge is -2.32. The van der Waals surface area contributed by atoms with Gasteiger partial charge in [-0.1, -0.05) is 24.3 Å². The number of pyridine rings is 1.